The quantitative estimate of drug-likeness (QED) is 0.754. The van der Waals surface area contributed by atoms with Gasteiger partial charge in [0.05, 0.1) is 0 Å². The minimum Gasteiger partial charge on any atom is -0.349 e. The first kappa shape index (κ1) is 13.9. The van der Waals surface area contributed by atoms with Gasteiger partial charge in [-0.1, -0.05) is 30.3 Å². The molecule has 0 aromatic heterocycles. The zero-order chi connectivity index (χ0) is 15.7. The van der Waals surface area contributed by atoms with E-state index in [9.17, 15) is 14.4 Å². The first-order valence-corrected chi connectivity index (χ1v) is 6.85. The number of ketones is 2. The maximum atomic E-state index is 12.5. The van der Waals surface area contributed by atoms with E-state index in [1.807, 2.05) is 0 Å². The van der Waals surface area contributed by atoms with Crippen molar-refractivity contribution in [2.24, 2.45) is 0 Å². The van der Waals surface area contributed by atoms with Gasteiger partial charge in [-0.15, -0.1) is 6.58 Å². The van der Waals surface area contributed by atoms with Crippen LogP contribution in [0.5, 0.6) is 0 Å². The molecule has 1 aliphatic carbocycles. The van der Waals surface area contributed by atoms with Crippen LogP contribution in [0.4, 0.5) is 0 Å². The molecular formula is C18H13NO3. The van der Waals surface area contributed by atoms with Gasteiger partial charge in [0.1, 0.15) is 0 Å². The average Bonchev–Trinajstić information content (AvgIpc) is 2.57. The second-order valence-corrected chi connectivity index (χ2v) is 4.96. The van der Waals surface area contributed by atoms with Crippen LogP contribution in [0.25, 0.3) is 0 Å². The van der Waals surface area contributed by atoms with E-state index in [-0.39, 0.29) is 23.0 Å². The number of fused-ring (bicyclic) bond motifs is 2. The number of amides is 1. The van der Waals surface area contributed by atoms with E-state index in [1.54, 1.807) is 36.4 Å². The molecule has 0 unspecified atom stereocenters. The Balaban J connectivity index is 2.06. The van der Waals surface area contributed by atoms with Crippen molar-refractivity contribution in [3.05, 3.63) is 82.9 Å². The van der Waals surface area contributed by atoms with Crippen LogP contribution in [0, 0.1) is 0 Å². The molecule has 0 heterocycles. The maximum Gasteiger partial charge on any atom is 0.251 e. The molecule has 0 saturated carbocycles. The van der Waals surface area contributed by atoms with Crippen LogP contribution in [0.1, 0.15) is 42.2 Å². The third-order valence-corrected chi connectivity index (χ3v) is 3.59. The van der Waals surface area contributed by atoms with E-state index in [0.29, 0.717) is 28.8 Å². The van der Waals surface area contributed by atoms with Crippen molar-refractivity contribution in [1.82, 2.24) is 5.32 Å². The molecule has 0 fully saturated rings. The van der Waals surface area contributed by atoms with Crippen LogP contribution in [0.15, 0.2) is 55.1 Å². The second-order valence-electron chi connectivity index (χ2n) is 4.96. The van der Waals surface area contributed by atoms with E-state index >= 15 is 0 Å². The van der Waals surface area contributed by atoms with Crippen molar-refractivity contribution in [3.63, 3.8) is 0 Å². The number of carbonyl (C=O) groups is 3. The van der Waals surface area contributed by atoms with Gasteiger partial charge < -0.3 is 5.32 Å². The summed E-state index contributed by atoms with van der Waals surface area (Å²) in [6.07, 6.45) is 1.57. The molecule has 1 amide bonds. The van der Waals surface area contributed by atoms with Crippen molar-refractivity contribution < 1.29 is 14.4 Å². The molecule has 0 saturated heterocycles. The van der Waals surface area contributed by atoms with Gasteiger partial charge in [-0.25, -0.2) is 0 Å². The lowest BCUT2D eigenvalue weighted by Crippen LogP contribution is -2.25. The summed E-state index contributed by atoms with van der Waals surface area (Å²) in [5, 5.41) is 2.65. The summed E-state index contributed by atoms with van der Waals surface area (Å²) >= 11 is 0. The van der Waals surface area contributed by atoms with Crippen molar-refractivity contribution in [2.75, 3.05) is 6.54 Å². The van der Waals surface area contributed by atoms with Crippen LogP contribution in [-0.2, 0) is 0 Å². The summed E-state index contributed by atoms with van der Waals surface area (Å²) in [4.78, 5) is 37.0. The summed E-state index contributed by atoms with van der Waals surface area (Å²) in [6, 6.07) is 11.3. The molecule has 1 N–H and O–H groups in total. The molecule has 0 bridgehead atoms. The molecule has 3 rings (SSSR count). The lowest BCUT2D eigenvalue weighted by atomic mass is 9.83. The Morgan fingerprint density at radius 1 is 0.955 bits per heavy atom. The van der Waals surface area contributed by atoms with Crippen LogP contribution in [0.3, 0.4) is 0 Å². The molecule has 0 aliphatic heterocycles. The minimum absolute atomic E-state index is 0.191. The number of carbonyl (C=O) groups excluding carboxylic acids is 3. The Kier molecular flexibility index (Phi) is 3.43. The Morgan fingerprint density at radius 2 is 1.55 bits per heavy atom. The van der Waals surface area contributed by atoms with Crippen molar-refractivity contribution >= 4 is 17.5 Å². The highest BCUT2D eigenvalue weighted by Gasteiger charge is 2.29. The summed E-state index contributed by atoms with van der Waals surface area (Å²) in [5.74, 6) is -0.728. The molecule has 4 nitrogen and oxygen atoms in total. The second kappa shape index (κ2) is 5.41. The molecule has 2 aromatic carbocycles. The Morgan fingerprint density at radius 3 is 2.18 bits per heavy atom. The predicted octanol–water partition coefficient (Wildman–Crippen LogP) is 2.38. The smallest absolute Gasteiger partial charge is 0.251 e. The third-order valence-electron chi connectivity index (χ3n) is 3.59. The van der Waals surface area contributed by atoms with Gasteiger partial charge in [0, 0.05) is 34.4 Å². The van der Waals surface area contributed by atoms with Crippen LogP contribution in [0.2, 0.25) is 0 Å². The Hall–Kier alpha value is -3.01. The first-order chi connectivity index (χ1) is 10.6. The SMILES string of the molecule is C=CCNC(=O)c1ccc2c(c1)C(=O)c1ccccc1C2=O. The molecular weight excluding hydrogens is 278 g/mol. The molecule has 0 radical (unpaired) electrons. The van der Waals surface area contributed by atoms with E-state index < -0.39 is 0 Å². The predicted molar refractivity (Wildman–Crippen MR) is 82.3 cm³/mol. The molecule has 0 atom stereocenters. The van der Waals surface area contributed by atoms with Crippen molar-refractivity contribution in [3.8, 4) is 0 Å². The minimum atomic E-state index is -0.304. The van der Waals surface area contributed by atoms with Crippen molar-refractivity contribution in [2.45, 2.75) is 0 Å². The normalized spacial score (nSPS) is 12.4. The summed E-state index contributed by atoms with van der Waals surface area (Å²) in [6.45, 7) is 3.87. The first-order valence-electron chi connectivity index (χ1n) is 6.85. The number of benzene rings is 2. The van der Waals surface area contributed by atoms with Gasteiger partial charge in [0.25, 0.3) is 5.91 Å². The van der Waals surface area contributed by atoms with E-state index in [2.05, 4.69) is 11.9 Å². The third kappa shape index (κ3) is 2.15. The molecule has 1 aliphatic rings. The fourth-order valence-electron chi connectivity index (χ4n) is 2.51. The lowest BCUT2D eigenvalue weighted by Gasteiger charge is -2.17. The highest BCUT2D eigenvalue weighted by molar-refractivity contribution is 6.28. The van der Waals surface area contributed by atoms with Crippen molar-refractivity contribution in [1.29, 1.82) is 0 Å². The molecule has 2 aromatic rings. The highest BCUT2D eigenvalue weighted by Crippen LogP contribution is 2.27. The number of hydrogen-bond donors (Lipinski definition) is 1. The fraction of sp³-hybridized carbons (Fsp3) is 0.0556. The summed E-state index contributed by atoms with van der Waals surface area (Å²) in [7, 11) is 0. The van der Waals surface area contributed by atoms with E-state index in [0.717, 1.165) is 0 Å². The van der Waals surface area contributed by atoms with Gasteiger partial charge in [-0.05, 0) is 18.2 Å². The van der Waals surface area contributed by atoms with Gasteiger partial charge >= 0.3 is 0 Å². The molecule has 0 spiro atoms. The Labute approximate surface area is 127 Å². The van der Waals surface area contributed by atoms with Crippen LogP contribution >= 0.6 is 0 Å². The number of rotatable bonds is 3. The standard InChI is InChI=1S/C18H13NO3/c1-2-9-19-18(22)11-7-8-14-15(10-11)17(21)13-6-4-3-5-12(13)16(14)20/h2-8,10H,1,9H2,(H,19,22). The zero-order valence-corrected chi connectivity index (χ0v) is 11.8. The highest BCUT2D eigenvalue weighted by atomic mass is 16.2. The summed E-state index contributed by atoms with van der Waals surface area (Å²) in [5.41, 5.74) is 1.74. The summed E-state index contributed by atoms with van der Waals surface area (Å²) < 4.78 is 0. The average molecular weight is 291 g/mol. The fourth-order valence-corrected chi connectivity index (χ4v) is 2.51. The topological polar surface area (TPSA) is 63.2 Å². The van der Waals surface area contributed by atoms with Crippen LogP contribution in [-0.4, -0.2) is 24.0 Å². The zero-order valence-electron chi connectivity index (χ0n) is 11.8. The van der Waals surface area contributed by atoms with Gasteiger partial charge in [0.2, 0.25) is 0 Å². The van der Waals surface area contributed by atoms with Gasteiger partial charge in [0.15, 0.2) is 11.6 Å². The Bertz CT molecular complexity index is 821. The number of hydrogen-bond acceptors (Lipinski definition) is 3. The molecule has 108 valence electrons. The van der Waals surface area contributed by atoms with Gasteiger partial charge in [-0.2, -0.15) is 0 Å². The molecule has 4 heteroatoms. The monoisotopic (exact) mass is 291 g/mol. The largest absolute Gasteiger partial charge is 0.349 e. The van der Waals surface area contributed by atoms with Gasteiger partial charge in [-0.3, -0.25) is 14.4 Å². The van der Waals surface area contributed by atoms with E-state index in [1.165, 1.54) is 12.1 Å². The van der Waals surface area contributed by atoms with E-state index in [4.69, 9.17) is 0 Å². The lowest BCUT2D eigenvalue weighted by molar-refractivity contribution is 0.0955. The molecule has 22 heavy (non-hydrogen) atoms. The maximum absolute atomic E-state index is 12.5. The number of nitrogens with one attached hydrogen (secondary N) is 1. The van der Waals surface area contributed by atoms with Crippen LogP contribution < -0.4 is 5.32 Å².